The average molecular weight is 292 g/mol. The first kappa shape index (κ1) is 17.0. The normalized spacial score (nSPS) is 12.8. The molecule has 0 aliphatic heterocycles. The first-order valence-corrected chi connectivity index (χ1v) is 6.98. The molecule has 1 unspecified atom stereocenters. The Bertz CT molecular complexity index is 533. The van der Waals surface area contributed by atoms with Gasteiger partial charge in [-0.2, -0.15) is 0 Å². The Morgan fingerprint density at radius 1 is 1.33 bits per heavy atom. The predicted octanol–water partition coefficient (Wildman–Crippen LogP) is 2.59. The molecule has 1 aromatic carbocycles. The summed E-state index contributed by atoms with van der Waals surface area (Å²) < 4.78 is 0. The van der Waals surface area contributed by atoms with Crippen molar-refractivity contribution in [1.29, 1.82) is 0 Å². The van der Waals surface area contributed by atoms with Crippen LogP contribution >= 0.6 is 0 Å². The fourth-order valence-electron chi connectivity index (χ4n) is 2.29. The van der Waals surface area contributed by atoms with Gasteiger partial charge in [-0.1, -0.05) is 26.8 Å². The van der Waals surface area contributed by atoms with E-state index in [0.29, 0.717) is 23.2 Å². The van der Waals surface area contributed by atoms with Gasteiger partial charge in [0.2, 0.25) is 0 Å². The summed E-state index contributed by atoms with van der Waals surface area (Å²) in [5.74, 6) is -1.20. The third kappa shape index (κ3) is 5.45. The second kappa shape index (κ2) is 6.61. The molecular formula is C16H24N2O3. The molecule has 0 fully saturated rings. The minimum Gasteiger partial charge on any atom is -0.481 e. The van der Waals surface area contributed by atoms with E-state index in [4.69, 9.17) is 10.8 Å². The molecule has 0 spiro atoms. The molecule has 1 amide bonds. The van der Waals surface area contributed by atoms with Gasteiger partial charge in [-0.05, 0) is 36.5 Å². The second-order valence-corrected chi connectivity index (χ2v) is 6.55. The molecule has 1 atom stereocenters. The Morgan fingerprint density at radius 3 is 2.48 bits per heavy atom. The summed E-state index contributed by atoms with van der Waals surface area (Å²) in [6.45, 7) is 7.82. The van der Waals surface area contributed by atoms with E-state index in [0.717, 1.165) is 0 Å². The summed E-state index contributed by atoms with van der Waals surface area (Å²) in [6.07, 6.45) is 0.497. The Kier molecular flexibility index (Phi) is 5.35. The van der Waals surface area contributed by atoms with Crippen LogP contribution in [-0.4, -0.2) is 23.0 Å². The zero-order valence-corrected chi connectivity index (χ0v) is 13.1. The Labute approximate surface area is 125 Å². The van der Waals surface area contributed by atoms with Gasteiger partial charge in [0, 0.05) is 17.3 Å². The van der Waals surface area contributed by atoms with E-state index in [1.807, 2.05) is 20.8 Å². The molecule has 5 nitrogen and oxygen atoms in total. The largest absolute Gasteiger partial charge is 0.481 e. The predicted molar refractivity (Wildman–Crippen MR) is 83.2 cm³/mol. The van der Waals surface area contributed by atoms with Gasteiger partial charge in [-0.15, -0.1) is 0 Å². The highest BCUT2D eigenvalue weighted by atomic mass is 16.4. The maximum Gasteiger partial charge on any atom is 0.305 e. The molecule has 116 valence electrons. The number of carbonyl (C=O) groups excluding carboxylic acids is 1. The maximum absolute atomic E-state index is 12.3. The molecule has 0 saturated carbocycles. The summed E-state index contributed by atoms with van der Waals surface area (Å²) in [5.41, 5.74) is 7.47. The summed E-state index contributed by atoms with van der Waals surface area (Å²) in [5, 5.41) is 11.8. The van der Waals surface area contributed by atoms with E-state index in [1.165, 1.54) is 0 Å². The lowest BCUT2D eigenvalue weighted by atomic mass is 9.87. The first-order chi connectivity index (χ1) is 9.60. The van der Waals surface area contributed by atoms with Crippen LogP contribution in [-0.2, 0) is 4.79 Å². The molecule has 0 aliphatic rings. The molecule has 1 rings (SSSR count). The summed E-state index contributed by atoms with van der Waals surface area (Å²) in [7, 11) is 0. The topological polar surface area (TPSA) is 92.4 Å². The van der Waals surface area contributed by atoms with Crippen molar-refractivity contribution >= 4 is 17.6 Å². The van der Waals surface area contributed by atoms with Crippen molar-refractivity contribution in [2.75, 3.05) is 5.73 Å². The van der Waals surface area contributed by atoms with Gasteiger partial charge in [-0.3, -0.25) is 9.59 Å². The van der Waals surface area contributed by atoms with Crippen LogP contribution in [0.4, 0.5) is 5.69 Å². The molecule has 5 heteroatoms. The lowest BCUT2D eigenvalue weighted by Gasteiger charge is -2.26. The molecule has 0 aromatic heterocycles. The van der Waals surface area contributed by atoms with Crippen LogP contribution in [0.15, 0.2) is 18.2 Å². The number of carbonyl (C=O) groups is 2. The maximum atomic E-state index is 12.3. The van der Waals surface area contributed by atoms with Crippen molar-refractivity contribution in [2.24, 2.45) is 5.41 Å². The molecule has 0 aliphatic carbocycles. The standard InChI is InChI=1S/C16H24N2O3/c1-10-12(6-5-7-13(10)17)15(21)18-11(8-14(19)20)9-16(2,3)4/h5-7,11H,8-9,17H2,1-4H3,(H,18,21)(H,19,20). The fraction of sp³-hybridized carbons (Fsp3) is 0.500. The number of benzene rings is 1. The van der Waals surface area contributed by atoms with E-state index < -0.39 is 12.0 Å². The molecule has 0 saturated heterocycles. The van der Waals surface area contributed by atoms with E-state index in [-0.39, 0.29) is 17.7 Å². The van der Waals surface area contributed by atoms with E-state index in [9.17, 15) is 9.59 Å². The molecule has 0 bridgehead atoms. The average Bonchev–Trinajstić information content (AvgIpc) is 2.29. The lowest BCUT2D eigenvalue weighted by Crippen LogP contribution is -2.39. The Hall–Kier alpha value is -2.04. The van der Waals surface area contributed by atoms with E-state index in [1.54, 1.807) is 25.1 Å². The van der Waals surface area contributed by atoms with Crippen molar-refractivity contribution in [1.82, 2.24) is 5.32 Å². The van der Waals surface area contributed by atoms with Crippen molar-refractivity contribution in [3.63, 3.8) is 0 Å². The summed E-state index contributed by atoms with van der Waals surface area (Å²) in [4.78, 5) is 23.3. The lowest BCUT2D eigenvalue weighted by molar-refractivity contribution is -0.137. The van der Waals surface area contributed by atoms with Crippen LogP contribution in [0.2, 0.25) is 0 Å². The second-order valence-electron chi connectivity index (χ2n) is 6.55. The molecule has 4 N–H and O–H groups in total. The minimum absolute atomic E-state index is 0.0713. The quantitative estimate of drug-likeness (QED) is 0.727. The molecular weight excluding hydrogens is 268 g/mol. The molecule has 1 aromatic rings. The van der Waals surface area contributed by atoms with Gasteiger partial charge in [0.05, 0.1) is 6.42 Å². The number of nitrogen functional groups attached to an aromatic ring is 1. The Morgan fingerprint density at radius 2 is 1.95 bits per heavy atom. The zero-order valence-electron chi connectivity index (χ0n) is 13.1. The van der Waals surface area contributed by atoms with Gasteiger partial charge in [0.25, 0.3) is 5.91 Å². The highest BCUT2D eigenvalue weighted by molar-refractivity contribution is 5.97. The summed E-state index contributed by atoms with van der Waals surface area (Å²) >= 11 is 0. The van der Waals surface area contributed by atoms with Gasteiger partial charge in [-0.25, -0.2) is 0 Å². The van der Waals surface area contributed by atoms with Crippen molar-refractivity contribution in [3.8, 4) is 0 Å². The van der Waals surface area contributed by atoms with Crippen LogP contribution in [0, 0.1) is 12.3 Å². The third-order valence-corrected chi connectivity index (χ3v) is 3.24. The Balaban J connectivity index is 2.89. The number of carboxylic acids is 1. The van der Waals surface area contributed by atoms with Crippen LogP contribution in [0.25, 0.3) is 0 Å². The number of hydrogen-bond donors (Lipinski definition) is 3. The highest BCUT2D eigenvalue weighted by Crippen LogP contribution is 2.23. The zero-order chi connectivity index (χ0) is 16.2. The highest BCUT2D eigenvalue weighted by Gasteiger charge is 2.23. The van der Waals surface area contributed by atoms with E-state index >= 15 is 0 Å². The number of carboxylic acid groups (broad SMARTS) is 1. The monoisotopic (exact) mass is 292 g/mol. The van der Waals surface area contributed by atoms with Crippen LogP contribution in [0.1, 0.15) is 49.5 Å². The fourth-order valence-corrected chi connectivity index (χ4v) is 2.29. The molecule has 0 radical (unpaired) electrons. The number of rotatable bonds is 5. The van der Waals surface area contributed by atoms with Gasteiger partial charge in [0.15, 0.2) is 0 Å². The van der Waals surface area contributed by atoms with Crippen molar-refractivity contribution < 1.29 is 14.7 Å². The number of aliphatic carboxylic acids is 1. The van der Waals surface area contributed by atoms with Gasteiger partial charge < -0.3 is 16.2 Å². The van der Waals surface area contributed by atoms with Crippen LogP contribution in [0.5, 0.6) is 0 Å². The van der Waals surface area contributed by atoms with Gasteiger partial charge >= 0.3 is 5.97 Å². The number of anilines is 1. The third-order valence-electron chi connectivity index (χ3n) is 3.24. The SMILES string of the molecule is Cc1c(N)cccc1C(=O)NC(CC(=O)O)CC(C)(C)C. The number of hydrogen-bond acceptors (Lipinski definition) is 3. The van der Waals surface area contributed by atoms with Crippen LogP contribution < -0.4 is 11.1 Å². The number of amides is 1. The minimum atomic E-state index is -0.922. The molecule has 0 heterocycles. The smallest absolute Gasteiger partial charge is 0.305 e. The molecule has 21 heavy (non-hydrogen) atoms. The first-order valence-electron chi connectivity index (χ1n) is 6.98. The summed E-state index contributed by atoms with van der Waals surface area (Å²) in [6, 6.07) is 4.73. The number of nitrogens with one attached hydrogen (secondary N) is 1. The van der Waals surface area contributed by atoms with Crippen molar-refractivity contribution in [2.45, 2.75) is 46.6 Å². The van der Waals surface area contributed by atoms with E-state index in [2.05, 4.69) is 5.32 Å². The van der Waals surface area contributed by atoms with Gasteiger partial charge in [0.1, 0.15) is 0 Å². The van der Waals surface area contributed by atoms with Crippen molar-refractivity contribution in [3.05, 3.63) is 29.3 Å². The number of nitrogens with two attached hydrogens (primary N) is 1. The van der Waals surface area contributed by atoms with Crippen LogP contribution in [0.3, 0.4) is 0 Å².